The number of rotatable bonds is 8. The van der Waals surface area contributed by atoms with Crippen LogP contribution in [-0.4, -0.2) is 26.2 Å². The predicted molar refractivity (Wildman–Crippen MR) is 101 cm³/mol. The highest BCUT2D eigenvalue weighted by Crippen LogP contribution is 2.28. The minimum atomic E-state index is -0.919. The van der Waals surface area contributed by atoms with Crippen LogP contribution in [0.25, 0.3) is 0 Å². The van der Waals surface area contributed by atoms with Crippen molar-refractivity contribution in [2.24, 2.45) is 0 Å². The Morgan fingerprint density at radius 1 is 1.35 bits per heavy atom. The maximum absolute atomic E-state index is 11.3. The van der Waals surface area contributed by atoms with Crippen LogP contribution in [0.2, 0.25) is 0 Å². The van der Waals surface area contributed by atoms with Gasteiger partial charge in [0.05, 0.1) is 11.1 Å². The van der Waals surface area contributed by atoms with Crippen molar-refractivity contribution >= 4 is 17.7 Å². The van der Waals surface area contributed by atoms with E-state index in [9.17, 15) is 15.0 Å². The maximum atomic E-state index is 11.3. The second-order valence-corrected chi connectivity index (χ2v) is 6.08. The lowest BCUT2D eigenvalue weighted by Crippen LogP contribution is -2.06. The summed E-state index contributed by atoms with van der Waals surface area (Å²) in [5.74, 6) is -0.911. The Morgan fingerprint density at radius 3 is 2.65 bits per heavy atom. The molecule has 138 valence electrons. The first-order valence-electron chi connectivity index (χ1n) is 8.46. The second-order valence-electron chi connectivity index (χ2n) is 6.08. The zero-order valence-electron chi connectivity index (χ0n) is 14.8. The van der Waals surface area contributed by atoms with Gasteiger partial charge in [-0.1, -0.05) is 25.1 Å². The van der Waals surface area contributed by atoms with E-state index in [4.69, 9.17) is 11.5 Å². The van der Waals surface area contributed by atoms with Crippen molar-refractivity contribution in [1.82, 2.24) is 9.97 Å². The normalized spacial score (nSPS) is 11.9. The van der Waals surface area contributed by atoms with Crippen LogP contribution in [0.15, 0.2) is 30.9 Å². The number of nitrogen functional groups attached to an aromatic ring is 2. The van der Waals surface area contributed by atoms with Crippen LogP contribution in [0.5, 0.6) is 5.88 Å². The molecule has 0 saturated carbocycles. The number of allylic oxidation sites excluding steroid dienone is 1. The fourth-order valence-corrected chi connectivity index (χ4v) is 3.01. The third-order valence-corrected chi connectivity index (χ3v) is 4.43. The van der Waals surface area contributed by atoms with Gasteiger partial charge < -0.3 is 21.7 Å². The molecular formula is C19H24N4O3. The molecule has 26 heavy (non-hydrogen) atoms. The Balaban J connectivity index is 2.11. The molecule has 0 radical (unpaired) electrons. The van der Waals surface area contributed by atoms with Crippen LogP contribution >= 0.6 is 0 Å². The van der Waals surface area contributed by atoms with E-state index in [0.29, 0.717) is 24.0 Å². The number of carboxylic acid groups (broad SMARTS) is 1. The summed E-state index contributed by atoms with van der Waals surface area (Å²) >= 11 is 0. The molecule has 2 rings (SSSR count). The number of hydrogen-bond donors (Lipinski definition) is 4. The van der Waals surface area contributed by atoms with Gasteiger partial charge in [0.15, 0.2) is 0 Å². The molecule has 6 N–H and O–H groups in total. The van der Waals surface area contributed by atoms with Gasteiger partial charge in [-0.05, 0) is 42.9 Å². The number of aromatic hydroxyl groups is 1. The molecule has 0 aliphatic carbocycles. The summed E-state index contributed by atoms with van der Waals surface area (Å²) < 4.78 is 0. The number of aryl methyl sites for hydroxylation is 1. The topological polar surface area (TPSA) is 135 Å². The number of nitrogens with zero attached hydrogens (tertiary/aromatic N) is 2. The molecule has 0 bridgehead atoms. The fourth-order valence-electron chi connectivity index (χ4n) is 3.01. The van der Waals surface area contributed by atoms with Crippen LogP contribution in [-0.2, 0) is 12.8 Å². The lowest BCUT2D eigenvalue weighted by Gasteiger charge is -2.16. The summed E-state index contributed by atoms with van der Waals surface area (Å²) in [5.41, 5.74) is 13.9. The smallest absolute Gasteiger partial charge is 0.335 e. The van der Waals surface area contributed by atoms with Gasteiger partial charge >= 0.3 is 5.97 Å². The van der Waals surface area contributed by atoms with Gasteiger partial charge in [-0.15, -0.1) is 6.58 Å². The van der Waals surface area contributed by atoms with Gasteiger partial charge in [-0.25, -0.2) is 4.79 Å². The number of carboxylic acids is 1. The third-order valence-electron chi connectivity index (χ3n) is 4.43. The number of nitrogens with two attached hydrogens (primary N) is 2. The Labute approximate surface area is 152 Å². The summed E-state index contributed by atoms with van der Waals surface area (Å²) in [6.45, 7) is 5.82. The van der Waals surface area contributed by atoms with Crippen molar-refractivity contribution in [3.8, 4) is 5.88 Å². The van der Waals surface area contributed by atoms with Crippen molar-refractivity contribution < 1.29 is 15.0 Å². The maximum Gasteiger partial charge on any atom is 0.335 e. The Bertz CT molecular complexity index is 797. The van der Waals surface area contributed by atoms with E-state index in [1.165, 1.54) is 0 Å². The molecule has 2 aromatic rings. The number of benzene rings is 1. The van der Waals surface area contributed by atoms with E-state index in [0.717, 1.165) is 24.0 Å². The van der Waals surface area contributed by atoms with E-state index in [-0.39, 0.29) is 23.6 Å². The summed E-state index contributed by atoms with van der Waals surface area (Å²) in [4.78, 5) is 18.9. The number of carbonyl (C=O) groups is 1. The highest BCUT2D eigenvalue weighted by atomic mass is 16.4. The monoisotopic (exact) mass is 356 g/mol. The highest BCUT2D eigenvalue weighted by molar-refractivity contribution is 5.89. The van der Waals surface area contributed by atoms with Crippen molar-refractivity contribution in [3.63, 3.8) is 0 Å². The zero-order valence-corrected chi connectivity index (χ0v) is 14.8. The molecule has 7 nitrogen and oxygen atoms in total. The number of hydrogen-bond acceptors (Lipinski definition) is 6. The van der Waals surface area contributed by atoms with E-state index >= 15 is 0 Å². The minimum absolute atomic E-state index is 0.0571. The molecule has 0 saturated heterocycles. The standard InChI is InChI=1S/C19H24N4O3/c1-3-11(13-8-9-14(18(25)26)12(4-2)10-13)6-5-7-15-16(20)22-19(21)23-17(15)24/h3,8-11H,1,4-7H2,2H3,(H,25,26)(H5,20,21,22,23,24). The van der Waals surface area contributed by atoms with Gasteiger partial charge in [0.1, 0.15) is 5.82 Å². The lowest BCUT2D eigenvalue weighted by molar-refractivity contribution is 0.0695. The Hall–Kier alpha value is -3.09. The van der Waals surface area contributed by atoms with E-state index in [1.54, 1.807) is 6.07 Å². The third kappa shape index (κ3) is 4.30. The average Bonchev–Trinajstić information content (AvgIpc) is 2.59. The molecule has 1 unspecified atom stereocenters. The lowest BCUT2D eigenvalue weighted by atomic mass is 9.90. The number of aromatic carboxylic acids is 1. The van der Waals surface area contributed by atoms with E-state index in [2.05, 4.69) is 16.5 Å². The zero-order chi connectivity index (χ0) is 19.3. The predicted octanol–water partition coefficient (Wildman–Crippen LogP) is 2.90. The van der Waals surface area contributed by atoms with E-state index < -0.39 is 5.97 Å². The molecule has 1 aromatic heterocycles. The van der Waals surface area contributed by atoms with E-state index in [1.807, 2.05) is 25.1 Å². The van der Waals surface area contributed by atoms with Crippen molar-refractivity contribution in [1.29, 1.82) is 0 Å². The molecule has 1 heterocycles. The summed E-state index contributed by atoms with van der Waals surface area (Å²) in [7, 11) is 0. The Kier molecular flexibility index (Phi) is 6.16. The Morgan fingerprint density at radius 2 is 2.08 bits per heavy atom. The molecule has 1 atom stereocenters. The van der Waals surface area contributed by atoms with Gasteiger partial charge in [-0.3, -0.25) is 0 Å². The van der Waals surface area contributed by atoms with Crippen LogP contribution in [0.4, 0.5) is 11.8 Å². The summed E-state index contributed by atoms with van der Waals surface area (Å²) in [5, 5.41) is 19.1. The quantitative estimate of drug-likeness (QED) is 0.534. The molecule has 0 fully saturated rings. The molecule has 1 aromatic carbocycles. The van der Waals surface area contributed by atoms with Crippen molar-refractivity contribution in [2.45, 2.75) is 38.5 Å². The largest absolute Gasteiger partial charge is 0.493 e. The van der Waals surface area contributed by atoms with Crippen molar-refractivity contribution in [3.05, 3.63) is 53.1 Å². The molecule has 0 amide bonds. The SMILES string of the molecule is C=CC(CCCc1c(N)nc(N)nc1O)c1ccc(C(=O)O)c(CC)c1. The van der Waals surface area contributed by atoms with Gasteiger partial charge in [-0.2, -0.15) is 9.97 Å². The molecule has 0 aliphatic rings. The van der Waals surface area contributed by atoms with Crippen molar-refractivity contribution in [2.75, 3.05) is 11.5 Å². The number of aromatic nitrogens is 2. The first-order chi connectivity index (χ1) is 12.4. The first kappa shape index (κ1) is 19.2. The van der Waals surface area contributed by atoms with Gasteiger partial charge in [0.25, 0.3) is 0 Å². The molecular weight excluding hydrogens is 332 g/mol. The van der Waals surface area contributed by atoms with Crippen LogP contribution < -0.4 is 11.5 Å². The molecule has 0 aliphatic heterocycles. The van der Waals surface area contributed by atoms with Crippen LogP contribution in [0.1, 0.15) is 52.7 Å². The van der Waals surface area contributed by atoms with Crippen LogP contribution in [0.3, 0.4) is 0 Å². The highest BCUT2D eigenvalue weighted by Gasteiger charge is 2.15. The minimum Gasteiger partial charge on any atom is -0.493 e. The summed E-state index contributed by atoms with van der Waals surface area (Å²) in [6.07, 6.45) is 4.49. The number of anilines is 2. The fraction of sp³-hybridized carbons (Fsp3) is 0.316. The van der Waals surface area contributed by atoms with Gasteiger partial charge in [0, 0.05) is 5.92 Å². The molecule has 0 spiro atoms. The summed E-state index contributed by atoms with van der Waals surface area (Å²) in [6, 6.07) is 5.39. The van der Waals surface area contributed by atoms with Crippen LogP contribution in [0, 0.1) is 0 Å². The first-order valence-corrected chi connectivity index (χ1v) is 8.46. The average molecular weight is 356 g/mol. The van der Waals surface area contributed by atoms with Gasteiger partial charge in [0.2, 0.25) is 11.8 Å². The second kappa shape index (κ2) is 8.33. The molecule has 7 heteroatoms.